The Morgan fingerprint density at radius 2 is 1.66 bits per heavy atom. The van der Waals surface area contributed by atoms with Gasteiger partial charge in [-0.15, -0.1) is 10.2 Å². The molecule has 1 atom stereocenters. The van der Waals surface area contributed by atoms with Gasteiger partial charge in [0.05, 0.1) is 17.2 Å². The quantitative estimate of drug-likeness (QED) is 0.365. The van der Waals surface area contributed by atoms with E-state index in [-0.39, 0.29) is 12.1 Å². The van der Waals surface area contributed by atoms with Gasteiger partial charge >= 0.3 is 12.2 Å². The lowest BCUT2D eigenvalue weighted by Gasteiger charge is -2.40. The molecule has 38 heavy (non-hydrogen) atoms. The fourth-order valence-corrected chi connectivity index (χ4v) is 4.63. The Bertz CT molecular complexity index is 1510. The van der Waals surface area contributed by atoms with Crippen molar-refractivity contribution in [1.82, 2.24) is 15.1 Å². The predicted molar refractivity (Wildman–Crippen MR) is 139 cm³/mol. The number of rotatable bonds is 3. The number of piperazine rings is 1. The molecule has 1 aliphatic rings. The van der Waals surface area contributed by atoms with Gasteiger partial charge in [0.2, 0.25) is 0 Å². The van der Waals surface area contributed by atoms with Crippen LogP contribution < -0.4 is 10.2 Å². The van der Waals surface area contributed by atoms with Gasteiger partial charge in [0.25, 0.3) is 0 Å². The van der Waals surface area contributed by atoms with Gasteiger partial charge in [0, 0.05) is 47.7 Å². The first-order chi connectivity index (χ1) is 18.2. The predicted octanol–water partition coefficient (Wildman–Crippen LogP) is 5.93. The van der Waals surface area contributed by atoms with E-state index in [4.69, 9.17) is 5.26 Å². The molecule has 1 aromatic heterocycles. The molecule has 0 saturated carbocycles. The van der Waals surface area contributed by atoms with Crippen molar-refractivity contribution in [3.63, 3.8) is 0 Å². The van der Waals surface area contributed by atoms with Gasteiger partial charge in [-0.25, -0.2) is 4.79 Å². The average molecular weight is 517 g/mol. The molecule has 192 valence electrons. The van der Waals surface area contributed by atoms with E-state index < -0.39 is 11.7 Å². The number of anilines is 2. The fourth-order valence-electron chi connectivity index (χ4n) is 4.63. The van der Waals surface area contributed by atoms with Crippen LogP contribution in [0.15, 0.2) is 72.8 Å². The lowest BCUT2D eigenvalue weighted by molar-refractivity contribution is -0.137. The smallest absolute Gasteiger partial charge is 0.351 e. The van der Waals surface area contributed by atoms with E-state index in [1.54, 1.807) is 29.2 Å². The highest BCUT2D eigenvalue weighted by atomic mass is 19.4. The zero-order chi connectivity index (χ0) is 26.9. The van der Waals surface area contributed by atoms with E-state index in [1.807, 2.05) is 31.2 Å². The molecule has 2 amide bonds. The van der Waals surface area contributed by atoms with Gasteiger partial charge in [-0.2, -0.15) is 18.4 Å². The fraction of sp³-hybridized carbons (Fsp3) is 0.214. The highest BCUT2D eigenvalue weighted by molar-refractivity contribution is 6.00. The number of nitriles is 1. The molecule has 10 heteroatoms. The molecule has 1 fully saturated rings. The van der Waals surface area contributed by atoms with Crippen LogP contribution in [0.5, 0.6) is 0 Å². The molecule has 5 rings (SSSR count). The zero-order valence-corrected chi connectivity index (χ0v) is 20.4. The minimum absolute atomic E-state index is 0.128. The summed E-state index contributed by atoms with van der Waals surface area (Å²) in [5.41, 5.74) is 1.46. The molecule has 0 aliphatic carbocycles. The normalized spacial score (nSPS) is 15.8. The summed E-state index contributed by atoms with van der Waals surface area (Å²) in [6.07, 6.45) is -4.41. The number of hydrogen-bond acceptors (Lipinski definition) is 5. The van der Waals surface area contributed by atoms with E-state index in [2.05, 4.69) is 26.5 Å². The van der Waals surface area contributed by atoms with Crippen LogP contribution in [0.1, 0.15) is 18.1 Å². The van der Waals surface area contributed by atoms with Gasteiger partial charge < -0.3 is 15.1 Å². The lowest BCUT2D eigenvalue weighted by Crippen LogP contribution is -2.55. The Labute approximate surface area is 217 Å². The Morgan fingerprint density at radius 3 is 2.29 bits per heavy atom. The number of amides is 2. The van der Waals surface area contributed by atoms with Gasteiger partial charge in [-0.3, -0.25) is 0 Å². The number of fused-ring (bicyclic) bond motifs is 1. The third-order valence-electron chi connectivity index (χ3n) is 6.61. The minimum Gasteiger partial charge on any atom is -0.351 e. The lowest BCUT2D eigenvalue weighted by atomic mass is 10.0. The number of carbonyl (C=O) groups is 1. The first kappa shape index (κ1) is 25.0. The maximum absolute atomic E-state index is 13.0. The molecule has 1 aliphatic heterocycles. The number of carbonyl (C=O) groups excluding carboxylic acids is 1. The van der Waals surface area contributed by atoms with Gasteiger partial charge in [-0.05, 0) is 43.3 Å². The van der Waals surface area contributed by atoms with Crippen molar-refractivity contribution in [2.24, 2.45) is 0 Å². The van der Waals surface area contributed by atoms with Crippen molar-refractivity contribution in [2.75, 3.05) is 29.9 Å². The largest absolute Gasteiger partial charge is 0.416 e. The molecular formula is C28H23F3N6O. The number of halogens is 3. The van der Waals surface area contributed by atoms with Crippen LogP contribution in [0.2, 0.25) is 0 Å². The third kappa shape index (κ3) is 4.95. The maximum Gasteiger partial charge on any atom is 0.416 e. The van der Waals surface area contributed by atoms with Crippen molar-refractivity contribution in [3.05, 3.63) is 83.9 Å². The van der Waals surface area contributed by atoms with Gasteiger partial charge in [0.1, 0.15) is 5.69 Å². The molecule has 1 saturated heterocycles. The summed E-state index contributed by atoms with van der Waals surface area (Å²) in [7, 11) is 0. The van der Waals surface area contributed by atoms with Crippen molar-refractivity contribution in [1.29, 1.82) is 5.26 Å². The molecule has 2 heterocycles. The van der Waals surface area contributed by atoms with Crippen LogP contribution >= 0.6 is 0 Å². The second-order valence-corrected chi connectivity index (χ2v) is 9.10. The van der Waals surface area contributed by atoms with Crippen LogP contribution in [0.4, 0.5) is 29.5 Å². The average Bonchev–Trinajstić information content (AvgIpc) is 2.92. The highest BCUT2D eigenvalue weighted by Gasteiger charge is 2.31. The first-order valence-electron chi connectivity index (χ1n) is 12.0. The molecular weight excluding hydrogens is 493 g/mol. The van der Waals surface area contributed by atoms with E-state index in [1.165, 1.54) is 12.1 Å². The number of aromatic nitrogens is 2. The van der Waals surface area contributed by atoms with Crippen molar-refractivity contribution in [2.45, 2.75) is 19.1 Å². The first-order valence-corrected chi connectivity index (χ1v) is 12.0. The van der Waals surface area contributed by atoms with Crippen LogP contribution in [0.25, 0.3) is 22.0 Å². The molecule has 7 nitrogen and oxygen atoms in total. The monoisotopic (exact) mass is 516 g/mol. The van der Waals surface area contributed by atoms with E-state index in [0.29, 0.717) is 48.0 Å². The molecule has 0 spiro atoms. The Balaban J connectivity index is 1.35. The maximum atomic E-state index is 13.0. The second kappa shape index (κ2) is 10.0. The summed E-state index contributed by atoms with van der Waals surface area (Å²) in [6, 6.07) is 20.8. The molecule has 4 aromatic rings. The van der Waals surface area contributed by atoms with Crippen molar-refractivity contribution < 1.29 is 18.0 Å². The van der Waals surface area contributed by atoms with Gasteiger partial charge in [0.15, 0.2) is 5.82 Å². The van der Waals surface area contributed by atoms with Gasteiger partial charge in [-0.1, -0.05) is 36.4 Å². The second-order valence-electron chi connectivity index (χ2n) is 9.10. The molecule has 1 N–H and O–H groups in total. The van der Waals surface area contributed by atoms with Crippen molar-refractivity contribution >= 4 is 28.3 Å². The molecule has 0 radical (unpaired) electrons. The van der Waals surface area contributed by atoms with E-state index >= 15 is 0 Å². The summed E-state index contributed by atoms with van der Waals surface area (Å²) in [6.45, 7) is 3.47. The Kier molecular flexibility index (Phi) is 6.59. The number of nitrogens with zero attached hydrogens (tertiary/aromatic N) is 5. The van der Waals surface area contributed by atoms with Crippen molar-refractivity contribution in [3.8, 4) is 17.3 Å². The number of hydrogen-bond donors (Lipinski definition) is 1. The summed E-state index contributed by atoms with van der Waals surface area (Å²) in [5.74, 6) is 0.662. The highest BCUT2D eigenvalue weighted by Crippen LogP contribution is 2.34. The number of alkyl halides is 3. The summed E-state index contributed by atoms with van der Waals surface area (Å²) in [5, 5.41) is 22.3. The summed E-state index contributed by atoms with van der Waals surface area (Å²) in [4.78, 5) is 16.7. The number of benzene rings is 3. The SMILES string of the molecule is CC1CN(c2nnc(-c3ccc(C(F)(F)F)cc3)c3ccccc23)CCN1C(=O)Nc1ccc(C#N)cc1. The molecule has 0 bridgehead atoms. The Morgan fingerprint density at radius 1 is 0.974 bits per heavy atom. The summed E-state index contributed by atoms with van der Waals surface area (Å²) >= 11 is 0. The zero-order valence-electron chi connectivity index (χ0n) is 20.4. The standard InChI is InChI=1S/C28H23F3N6O/c1-18-17-36(14-15-37(18)27(38)33-22-12-6-19(16-32)7-13-22)26-24-5-3-2-4-23(24)25(34-35-26)20-8-10-21(11-9-20)28(29,30)31/h2-13,18H,14-15,17H2,1H3,(H,33,38). The minimum atomic E-state index is -4.41. The van der Waals surface area contributed by atoms with Crippen LogP contribution in [0, 0.1) is 11.3 Å². The Hall–Kier alpha value is -4.65. The van der Waals surface area contributed by atoms with E-state index in [0.717, 1.165) is 22.9 Å². The van der Waals surface area contributed by atoms with Crippen LogP contribution in [-0.4, -0.2) is 46.8 Å². The number of nitrogens with one attached hydrogen (secondary N) is 1. The molecule has 1 unspecified atom stereocenters. The van der Waals surface area contributed by atoms with Crippen LogP contribution in [-0.2, 0) is 6.18 Å². The summed E-state index contributed by atoms with van der Waals surface area (Å²) < 4.78 is 39.0. The van der Waals surface area contributed by atoms with Crippen LogP contribution in [0.3, 0.4) is 0 Å². The number of urea groups is 1. The topological polar surface area (TPSA) is 85.2 Å². The molecule has 3 aromatic carbocycles. The third-order valence-corrected chi connectivity index (χ3v) is 6.61. The van der Waals surface area contributed by atoms with E-state index in [9.17, 15) is 18.0 Å².